The molecule has 1 unspecified atom stereocenters. The molecule has 0 N–H and O–H groups in total. The highest BCUT2D eigenvalue weighted by Crippen LogP contribution is 2.29. The summed E-state index contributed by atoms with van der Waals surface area (Å²) in [6.07, 6.45) is 3.80. The number of aromatic nitrogens is 3. The van der Waals surface area contributed by atoms with Gasteiger partial charge in [0.1, 0.15) is 6.26 Å². The fourth-order valence-electron chi connectivity index (χ4n) is 2.99. The van der Waals surface area contributed by atoms with Gasteiger partial charge in [-0.3, -0.25) is 4.31 Å². The van der Waals surface area contributed by atoms with Crippen LogP contribution in [0.15, 0.2) is 47.8 Å². The molecule has 0 radical (unpaired) electrons. The minimum absolute atomic E-state index is 0.185. The molecule has 3 heterocycles. The topological polar surface area (TPSA) is 90.6 Å². The highest BCUT2D eigenvalue weighted by molar-refractivity contribution is 7.93. The molecule has 7 nitrogen and oxygen atoms in total. The van der Waals surface area contributed by atoms with Crippen LogP contribution in [-0.4, -0.2) is 46.1 Å². The van der Waals surface area contributed by atoms with Crippen molar-refractivity contribution in [2.24, 2.45) is 0 Å². The highest BCUT2D eigenvalue weighted by atomic mass is 32.2. The molecule has 4 rings (SSSR count). The summed E-state index contributed by atoms with van der Waals surface area (Å²) in [7, 11) is -3.23. The smallest absolute Gasteiger partial charge is 0.359 e. The zero-order chi connectivity index (χ0) is 17.6. The Balaban J connectivity index is 1.82. The van der Waals surface area contributed by atoms with Crippen molar-refractivity contribution < 1.29 is 13.0 Å². The SMILES string of the molecule is C[S+]([O-])c1ncc2ccc(-c3cccc(N4CCCS4(=O)=O)c3)n2n1. The van der Waals surface area contributed by atoms with Crippen molar-refractivity contribution in [1.82, 2.24) is 14.6 Å². The summed E-state index contributed by atoms with van der Waals surface area (Å²) in [4.78, 5) is 4.09. The van der Waals surface area contributed by atoms with E-state index in [2.05, 4.69) is 10.1 Å². The van der Waals surface area contributed by atoms with Crippen molar-refractivity contribution in [1.29, 1.82) is 0 Å². The van der Waals surface area contributed by atoms with E-state index < -0.39 is 21.2 Å². The Bertz CT molecular complexity index is 1050. The number of fused-ring (bicyclic) bond motifs is 1. The Morgan fingerprint density at radius 2 is 2.08 bits per heavy atom. The molecule has 2 aromatic heterocycles. The Morgan fingerprint density at radius 1 is 1.24 bits per heavy atom. The van der Waals surface area contributed by atoms with Crippen LogP contribution < -0.4 is 4.31 Å². The first-order chi connectivity index (χ1) is 12.0. The first-order valence-corrected chi connectivity index (χ1v) is 10.9. The standard InChI is InChI=1S/C16H16N4O3S2/c1-24(21)16-17-11-14-6-7-15(20(14)18-16)12-4-2-5-13(10-12)19-8-3-9-25(19,22)23/h2,4-7,10-11H,3,8-9H2,1H3. The average Bonchev–Trinajstić information content (AvgIpc) is 3.16. The molecular weight excluding hydrogens is 360 g/mol. The van der Waals surface area contributed by atoms with Crippen molar-refractivity contribution in [2.75, 3.05) is 22.9 Å². The van der Waals surface area contributed by atoms with Crippen molar-refractivity contribution >= 4 is 32.4 Å². The normalized spacial score (nSPS) is 17.9. The Hall–Kier alpha value is -2.10. The Morgan fingerprint density at radius 3 is 2.80 bits per heavy atom. The van der Waals surface area contributed by atoms with Gasteiger partial charge < -0.3 is 4.55 Å². The molecule has 0 aliphatic carbocycles. The van der Waals surface area contributed by atoms with Gasteiger partial charge >= 0.3 is 5.16 Å². The third kappa shape index (κ3) is 2.88. The number of benzene rings is 1. The van der Waals surface area contributed by atoms with Crippen LogP contribution in [0.3, 0.4) is 0 Å². The fourth-order valence-corrected chi connectivity index (χ4v) is 4.94. The lowest BCUT2D eigenvalue weighted by molar-refractivity contribution is 0.586. The molecule has 1 saturated heterocycles. The quantitative estimate of drug-likeness (QED) is 0.649. The second-order valence-electron chi connectivity index (χ2n) is 5.84. The largest absolute Gasteiger partial charge is 0.609 e. The number of hydrogen-bond acceptors (Lipinski definition) is 5. The molecule has 0 amide bonds. The summed E-state index contributed by atoms with van der Waals surface area (Å²) in [5.74, 6) is 0.185. The highest BCUT2D eigenvalue weighted by Gasteiger charge is 2.28. The van der Waals surface area contributed by atoms with Crippen LogP contribution in [-0.2, 0) is 21.2 Å². The fraction of sp³-hybridized carbons (Fsp3) is 0.250. The van der Waals surface area contributed by atoms with Gasteiger partial charge in [0, 0.05) is 23.3 Å². The van der Waals surface area contributed by atoms with Crippen LogP contribution in [0.5, 0.6) is 0 Å². The van der Waals surface area contributed by atoms with Crippen LogP contribution in [0, 0.1) is 0 Å². The number of anilines is 1. The lowest BCUT2D eigenvalue weighted by Gasteiger charge is -2.17. The van der Waals surface area contributed by atoms with E-state index in [0.717, 1.165) is 16.8 Å². The number of rotatable bonds is 3. The van der Waals surface area contributed by atoms with E-state index in [1.807, 2.05) is 30.3 Å². The zero-order valence-electron chi connectivity index (χ0n) is 13.5. The van der Waals surface area contributed by atoms with Crippen LogP contribution in [0.2, 0.25) is 0 Å². The monoisotopic (exact) mass is 376 g/mol. The van der Waals surface area contributed by atoms with Crippen molar-refractivity contribution in [3.63, 3.8) is 0 Å². The van der Waals surface area contributed by atoms with Gasteiger partial charge in [0.25, 0.3) is 0 Å². The minimum Gasteiger partial charge on any atom is -0.609 e. The predicted molar refractivity (Wildman–Crippen MR) is 96.5 cm³/mol. The molecule has 1 aliphatic heterocycles. The Labute approximate surface area is 148 Å². The molecule has 25 heavy (non-hydrogen) atoms. The first-order valence-electron chi connectivity index (χ1n) is 7.75. The molecule has 3 aromatic rings. The van der Waals surface area contributed by atoms with Crippen LogP contribution in [0.1, 0.15) is 6.42 Å². The van der Waals surface area contributed by atoms with E-state index in [0.29, 0.717) is 18.7 Å². The summed E-state index contributed by atoms with van der Waals surface area (Å²) in [6, 6.07) is 11.1. The van der Waals surface area contributed by atoms with E-state index in [1.54, 1.807) is 16.8 Å². The summed E-state index contributed by atoms with van der Waals surface area (Å²) < 4.78 is 39.1. The van der Waals surface area contributed by atoms with E-state index >= 15 is 0 Å². The van der Waals surface area contributed by atoms with Crippen molar-refractivity contribution in [2.45, 2.75) is 11.6 Å². The van der Waals surface area contributed by atoms with Crippen molar-refractivity contribution in [3.05, 3.63) is 42.6 Å². The van der Waals surface area contributed by atoms with E-state index in [4.69, 9.17) is 0 Å². The number of sulfonamides is 1. The molecule has 1 aliphatic rings. The van der Waals surface area contributed by atoms with Gasteiger partial charge in [-0.25, -0.2) is 12.9 Å². The zero-order valence-corrected chi connectivity index (χ0v) is 15.1. The lowest BCUT2D eigenvalue weighted by atomic mass is 10.1. The molecule has 0 saturated carbocycles. The summed E-state index contributed by atoms with van der Waals surface area (Å²) in [5, 5.41) is 4.59. The maximum atomic E-state index is 12.2. The minimum atomic E-state index is -3.23. The molecule has 0 spiro atoms. The third-order valence-corrected chi connectivity index (χ3v) is 6.73. The van der Waals surface area contributed by atoms with Gasteiger partial charge in [-0.2, -0.15) is 4.98 Å². The molecule has 1 atom stereocenters. The van der Waals surface area contributed by atoms with Gasteiger partial charge in [0.2, 0.25) is 10.0 Å². The van der Waals surface area contributed by atoms with Gasteiger partial charge in [-0.15, -0.1) is 0 Å². The summed E-state index contributed by atoms with van der Waals surface area (Å²) >= 11 is -1.28. The van der Waals surface area contributed by atoms with Crippen LogP contribution in [0.25, 0.3) is 16.8 Å². The number of nitrogens with zero attached hydrogens (tertiary/aromatic N) is 4. The van der Waals surface area contributed by atoms with Gasteiger partial charge in [-0.1, -0.05) is 17.2 Å². The van der Waals surface area contributed by atoms with E-state index in [1.165, 1.54) is 10.6 Å². The Kier molecular flexibility index (Phi) is 3.94. The van der Waals surface area contributed by atoms with Gasteiger partial charge in [0.05, 0.1) is 28.8 Å². The maximum Gasteiger partial charge on any atom is 0.359 e. The van der Waals surface area contributed by atoms with E-state index in [-0.39, 0.29) is 10.9 Å². The summed E-state index contributed by atoms with van der Waals surface area (Å²) in [5.41, 5.74) is 3.07. The molecule has 1 aromatic carbocycles. The molecule has 9 heteroatoms. The van der Waals surface area contributed by atoms with Crippen LogP contribution in [0.4, 0.5) is 5.69 Å². The second kappa shape index (κ2) is 6.01. The van der Waals surface area contributed by atoms with Crippen molar-refractivity contribution in [3.8, 4) is 11.3 Å². The average molecular weight is 376 g/mol. The molecule has 0 bridgehead atoms. The molecule has 130 valence electrons. The maximum absolute atomic E-state index is 12.2. The molecule has 1 fully saturated rings. The van der Waals surface area contributed by atoms with Gasteiger partial charge in [-0.05, 0) is 30.7 Å². The van der Waals surface area contributed by atoms with Crippen LogP contribution >= 0.6 is 0 Å². The van der Waals surface area contributed by atoms with E-state index in [9.17, 15) is 13.0 Å². The van der Waals surface area contributed by atoms with Gasteiger partial charge in [0.15, 0.2) is 0 Å². The second-order valence-corrected chi connectivity index (χ2v) is 9.13. The summed E-state index contributed by atoms with van der Waals surface area (Å²) in [6.45, 7) is 0.502. The lowest BCUT2D eigenvalue weighted by Crippen LogP contribution is -2.24. The first kappa shape index (κ1) is 16.4. The predicted octanol–water partition coefficient (Wildman–Crippen LogP) is 1.67. The third-order valence-electron chi connectivity index (χ3n) is 4.16. The molecular formula is C16H16N4O3S2. The number of hydrogen-bond donors (Lipinski definition) is 0.